The molecule has 14 heavy (non-hydrogen) atoms. The van der Waals surface area contributed by atoms with Crippen molar-refractivity contribution in [1.82, 2.24) is 5.32 Å². The standard InChI is InChI=1S/C9H10ClNO2S/c10-8-5(3-4-14-8)6-1-2-7(11-6)9(12)13/h3-4,6-7,11H,1-2H2,(H,12,13). The van der Waals surface area contributed by atoms with E-state index in [1.54, 1.807) is 0 Å². The molecule has 2 rings (SSSR count). The van der Waals surface area contributed by atoms with Crippen molar-refractivity contribution in [3.63, 3.8) is 0 Å². The number of rotatable bonds is 2. The average molecular weight is 232 g/mol. The molecule has 0 saturated carbocycles. The molecule has 0 aromatic carbocycles. The lowest BCUT2D eigenvalue weighted by Gasteiger charge is -2.10. The molecule has 1 aliphatic rings. The van der Waals surface area contributed by atoms with Gasteiger partial charge in [-0.15, -0.1) is 11.3 Å². The number of hydrogen-bond donors (Lipinski definition) is 2. The van der Waals surface area contributed by atoms with Crippen LogP contribution in [0.5, 0.6) is 0 Å². The maximum Gasteiger partial charge on any atom is 0.320 e. The molecule has 1 aromatic heterocycles. The van der Waals surface area contributed by atoms with Crippen molar-refractivity contribution in [2.24, 2.45) is 0 Å². The first kappa shape index (κ1) is 9.96. The molecule has 2 heterocycles. The molecule has 1 aromatic rings. The molecule has 0 amide bonds. The molecule has 0 radical (unpaired) electrons. The van der Waals surface area contributed by atoms with Gasteiger partial charge in [-0.05, 0) is 29.9 Å². The van der Waals surface area contributed by atoms with Gasteiger partial charge in [-0.2, -0.15) is 0 Å². The van der Waals surface area contributed by atoms with E-state index in [1.807, 2.05) is 11.4 Å². The van der Waals surface area contributed by atoms with Crippen molar-refractivity contribution in [2.75, 3.05) is 0 Å². The summed E-state index contributed by atoms with van der Waals surface area (Å²) in [5.41, 5.74) is 1.03. The van der Waals surface area contributed by atoms with Crippen LogP contribution in [0.25, 0.3) is 0 Å². The molecule has 1 aliphatic heterocycles. The number of thiophene rings is 1. The first-order valence-electron chi connectivity index (χ1n) is 4.40. The average Bonchev–Trinajstić information content (AvgIpc) is 2.71. The summed E-state index contributed by atoms with van der Waals surface area (Å²) in [4.78, 5) is 10.7. The van der Waals surface area contributed by atoms with E-state index in [0.29, 0.717) is 6.42 Å². The molecule has 1 saturated heterocycles. The fourth-order valence-corrected chi connectivity index (χ4v) is 2.77. The second kappa shape index (κ2) is 3.88. The zero-order valence-electron chi connectivity index (χ0n) is 7.37. The summed E-state index contributed by atoms with van der Waals surface area (Å²) in [5.74, 6) is -0.779. The van der Waals surface area contributed by atoms with Crippen LogP contribution in [0.4, 0.5) is 0 Å². The Hall–Kier alpha value is -0.580. The van der Waals surface area contributed by atoms with E-state index < -0.39 is 12.0 Å². The van der Waals surface area contributed by atoms with Crippen LogP contribution in [-0.4, -0.2) is 17.1 Å². The van der Waals surface area contributed by atoms with E-state index in [9.17, 15) is 4.79 Å². The monoisotopic (exact) mass is 231 g/mol. The molecule has 2 N–H and O–H groups in total. The van der Waals surface area contributed by atoms with Gasteiger partial charge in [0.05, 0.1) is 4.34 Å². The fourth-order valence-electron chi connectivity index (χ4n) is 1.74. The summed E-state index contributed by atoms with van der Waals surface area (Å²) in [7, 11) is 0. The summed E-state index contributed by atoms with van der Waals surface area (Å²) in [5, 5.41) is 13.8. The molecule has 5 heteroatoms. The van der Waals surface area contributed by atoms with E-state index in [0.717, 1.165) is 16.3 Å². The highest BCUT2D eigenvalue weighted by Crippen LogP contribution is 2.34. The number of hydrogen-bond acceptors (Lipinski definition) is 3. The molecule has 0 aliphatic carbocycles. The van der Waals surface area contributed by atoms with Crippen LogP contribution in [0.1, 0.15) is 24.4 Å². The van der Waals surface area contributed by atoms with Gasteiger partial charge in [0.15, 0.2) is 0 Å². The van der Waals surface area contributed by atoms with Crippen molar-refractivity contribution in [1.29, 1.82) is 0 Å². The van der Waals surface area contributed by atoms with Crippen LogP contribution in [-0.2, 0) is 4.79 Å². The van der Waals surface area contributed by atoms with Gasteiger partial charge in [0.2, 0.25) is 0 Å². The Bertz CT molecular complexity index is 352. The minimum atomic E-state index is -0.779. The molecule has 76 valence electrons. The van der Waals surface area contributed by atoms with E-state index in [4.69, 9.17) is 16.7 Å². The summed E-state index contributed by atoms with van der Waals surface area (Å²) < 4.78 is 0.758. The highest BCUT2D eigenvalue weighted by molar-refractivity contribution is 7.14. The Labute approximate surface area is 90.7 Å². The largest absolute Gasteiger partial charge is 0.480 e. The highest BCUT2D eigenvalue weighted by atomic mass is 35.5. The van der Waals surface area contributed by atoms with E-state index >= 15 is 0 Å². The van der Waals surface area contributed by atoms with Crippen molar-refractivity contribution >= 4 is 28.9 Å². The number of carboxylic acid groups (broad SMARTS) is 1. The lowest BCUT2D eigenvalue weighted by atomic mass is 10.1. The molecule has 2 atom stereocenters. The smallest absolute Gasteiger partial charge is 0.320 e. The number of nitrogens with one attached hydrogen (secondary N) is 1. The molecule has 2 unspecified atom stereocenters. The topological polar surface area (TPSA) is 49.3 Å². The lowest BCUT2D eigenvalue weighted by molar-refractivity contribution is -0.139. The number of aliphatic carboxylic acids is 1. The quantitative estimate of drug-likeness (QED) is 0.821. The maximum atomic E-state index is 10.7. The third kappa shape index (κ3) is 1.78. The maximum absolute atomic E-state index is 10.7. The minimum absolute atomic E-state index is 0.106. The number of carbonyl (C=O) groups is 1. The first-order valence-corrected chi connectivity index (χ1v) is 5.66. The zero-order chi connectivity index (χ0) is 10.1. The normalized spacial score (nSPS) is 26.6. The van der Waals surface area contributed by atoms with Crippen LogP contribution in [0.3, 0.4) is 0 Å². The third-order valence-corrected chi connectivity index (χ3v) is 3.67. The molecule has 0 bridgehead atoms. The third-order valence-electron chi connectivity index (χ3n) is 2.47. The van der Waals surface area contributed by atoms with Crippen LogP contribution >= 0.6 is 22.9 Å². The van der Waals surface area contributed by atoms with Crippen LogP contribution in [0, 0.1) is 0 Å². The Balaban J connectivity index is 2.10. The molecule has 3 nitrogen and oxygen atoms in total. The van der Waals surface area contributed by atoms with Crippen molar-refractivity contribution < 1.29 is 9.90 Å². The second-order valence-corrected chi connectivity index (χ2v) is 4.86. The van der Waals surface area contributed by atoms with E-state index in [2.05, 4.69) is 5.32 Å². The predicted molar refractivity (Wildman–Crippen MR) is 55.9 cm³/mol. The van der Waals surface area contributed by atoms with Crippen molar-refractivity contribution in [3.8, 4) is 0 Å². The van der Waals surface area contributed by atoms with Gasteiger partial charge in [-0.3, -0.25) is 10.1 Å². The SMILES string of the molecule is O=C(O)C1CCC(c2ccsc2Cl)N1. The molecular weight excluding hydrogens is 222 g/mol. The Kier molecular flexibility index (Phi) is 2.76. The number of carboxylic acids is 1. The van der Waals surface area contributed by atoms with Gasteiger partial charge < -0.3 is 5.11 Å². The Morgan fingerprint density at radius 3 is 2.93 bits per heavy atom. The number of halogens is 1. The van der Waals surface area contributed by atoms with Crippen LogP contribution in [0.2, 0.25) is 4.34 Å². The summed E-state index contributed by atoms with van der Waals surface area (Å²) in [6.45, 7) is 0. The van der Waals surface area contributed by atoms with Gasteiger partial charge in [0, 0.05) is 6.04 Å². The Morgan fingerprint density at radius 1 is 1.64 bits per heavy atom. The highest BCUT2D eigenvalue weighted by Gasteiger charge is 2.30. The van der Waals surface area contributed by atoms with Gasteiger partial charge in [0.1, 0.15) is 6.04 Å². The van der Waals surface area contributed by atoms with Gasteiger partial charge in [0.25, 0.3) is 0 Å². The van der Waals surface area contributed by atoms with Gasteiger partial charge >= 0.3 is 5.97 Å². The van der Waals surface area contributed by atoms with Gasteiger partial charge in [-0.25, -0.2) is 0 Å². The summed E-state index contributed by atoms with van der Waals surface area (Å²) in [6, 6.07) is 1.64. The van der Waals surface area contributed by atoms with E-state index in [-0.39, 0.29) is 6.04 Å². The first-order chi connectivity index (χ1) is 6.68. The van der Waals surface area contributed by atoms with Gasteiger partial charge in [-0.1, -0.05) is 11.6 Å². The summed E-state index contributed by atoms with van der Waals surface area (Å²) in [6.07, 6.45) is 1.51. The minimum Gasteiger partial charge on any atom is -0.480 e. The van der Waals surface area contributed by atoms with Crippen molar-refractivity contribution in [2.45, 2.75) is 24.9 Å². The van der Waals surface area contributed by atoms with E-state index in [1.165, 1.54) is 11.3 Å². The van der Waals surface area contributed by atoms with Crippen LogP contribution < -0.4 is 5.32 Å². The predicted octanol–water partition coefficient (Wildman–Crippen LogP) is 2.28. The zero-order valence-corrected chi connectivity index (χ0v) is 8.94. The molecule has 1 fully saturated rings. The lowest BCUT2D eigenvalue weighted by Crippen LogP contribution is -2.31. The Morgan fingerprint density at radius 2 is 2.43 bits per heavy atom. The van der Waals surface area contributed by atoms with Crippen LogP contribution in [0.15, 0.2) is 11.4 Å². The van der Waals surface area contributed by atoms with Crippen molar-refractivity contribution in [3.05, 3.63) is 21.3 Å². The fraction of sp³-hybridized carbons (Fsp3) is 0.444. The molecular formula is C9H10ClNO2S. The molecule has 0 spiro atoms. The second-order valence-electron chi connectivity index (χ2n) is 3.34. The summed E-state index contributed by atoms with van der Waals surface area (Å²) >= 11 is 7.46.